The minimum Gasteiger partial charge on any atom is -0.325 e. The van der Waals surface area contributed by atoms with Crippen molar-refractivity contribution in [1.29, 1.82) is 5.26 Å². The van der Waals surface area contributed by atoms with Crippen molar-refractivity contribution in [2.45, 2.75) is 44.7 Å². The zero-order chi connectivity index (χ0) is 39.7. The summed E-state index contributed by atoms with van der Waals surface area (Å²) < 4.78 is 69.3. The molecule has 282 valence electrons. The number of benzene rings is 4. The summed E-state index contributed by atoms with van der Waals surface area (Å²) >= 11 is 0. The molecule has 6 aromatic rings. The highest BCUT2D eigenvalue weighted by molar-refractivity contribution is 5.91. The van der Waals surface area contributed by atoms with E-state index in [1.165, 1.54) is 24.4 Å². The lowest BCUT2D eigenvalue weighted by molar-refractivity contribution is -0.140. The first-order valence-corrected chi connectivity index (χ1v) is 17.7. The van der Waals surface area contributed by atoms with Gasteiger partial charge in [-0.05, 0) is 90.4 Å². The normalized spacial score (nSPS) is 11.1. The number of carbonyl (C=O) groups excluding carboxylic acids is 2. The van der Waals surface area contributed by atoms with Gasteiger partial charge in [0.1, 0.15) is 17.7 Å². The highest BCUT2D eigenvalue weighted by Crippen LogP contribution is 2.36. The van der Waals surface area contributed by atoms with Gasteiger partial charge in [-0.25, -0.2) is 8.78 Å². The van der Waals surface area contributed by atoms with Gasteiger partial charge in [0.15, 0.2) is 0 Å². The number of hydrogen-bond acceptors (Lipinski definition) is 5. The minimum absolute atomic E-state index is 0.110. The van der Waals surface area contributed by atoms with E-state index in [1.807, 2.05) is 18.2 Å². The molecule has 0 aliphatic carbocycles. The maximum atomic E-state index is 15.4. The molecule has 56 heavy (non-hydrogen) atoms. The summed E-state index contributed by atoms with van der Waals surface area (Å²) in [6.07, 6.45) is 2.64. The maximum Gasteiger partial charge on any atom is 0.419 e. The monoisotopic (exact) mass is 759 g/mol. The Labute approximate surface area is 319 Å². The Hall–Kier alpha value is -6.74. The van der Waals surface area contributed by atoms with E-state index in [0.29, 0.717) is 71.9 Å². The van der Waals surface area contributed by atoms with Crippen molar-refractivity contribution in [3.05, 3.63) is 156 Å². The van der Waals surface area contributed by atoms with Crippen LogP contribution < -0.4 is 10.6 Å². The highest BCUT2D eigenvalue weighted by atomic mass is 19.4. The number of nitriles is 1. The van der Waals surface area contributed by atoms with Crippen LogP contribution in [0.2, 0.25) is 0 Å². The van der Waals surface area contributed by atoms with Crippen LogP contribution in [0, 0.1) is 23.0 Å². The van der Waals surface area contributed by atoms with Crippen molar-refractivity contribution in [1.82, 2.24) is 9.97 Å². The summed E-state index contributed by atoms with van der Waals surface area (Å²) in [6, 6.07) is 28.7. The lowest BCUT2D eigenvalue weighted by Gasteiger charge is -2.12. The summed E-state index contributed by atoms with van der Waals surface area (Å²) in [6.45, 7) is 0. The lowest BCUT2D eigenvalue weighted by Crippen LogP contribution is -2.11. The number of nitrogens with zero attached hydrogens (tertiary/aromatic N) is 3. The number of anilines is 2. The highest BCUT2D eigenvalue weighted by Gasteiger charge is 2.35. The Balaban J connectivity index is 1.02. The average Bonchev–Trinajstić information content (AvgIpc) is 3.19. The quantitative estimate of drug-likeness (QED) is 0.114. The summed E-state index contributed by atoms with van der Waals surface area (Å²) in [5, 5.41) is 15.3. The molecule has 0 atom stereocenters. The van der Waals surface area contributed by atoms with Gasteiger partial charge in [-0.1, -0.05) is 60.7 Å². The number of pyridine rings is 2. The molecule has 4 aromatic carbocycles. The van der Waals surface area contributed by atoms with Crippen LogP contribution in [-0.2, 0) is 28.6 Å². The fourth-order valence-corrected chi connectivity index (χ4v) is 6.17. The molecule has 0 unspecified atom stereocenters. The Bertz CT molecular complexity index is 2360. The third-order valence-corrected chi connectivity index (χ3v) is 9.05. The van der Waals surface area contributed by atoms with E-state index in [1.54, 1.807) is 79.1 Å². The number of nitrogens with one attached hydrogen (secondary N) is 2. The van der Waals surface area contributed by atoms with Gasteiger partial charge in [0.25, 0.3) is 0 Å². The van der Waals surface area contributed by atoms with E-state index in [9.17, 15) is 32.4 Å². The van der Waals surface area contributed by atoms with Crippen molar-refractivity contribution in [3.8, 4) is 39.6 Å². The Morgan fingerprint density at radius 2 is 1.27 bits per heavy atom. The average molecular weight is 760 g/mol. The number of halogens is 5. The van der Waals surface area contributed by atoms with E-state index in [4.69, 9.17) is 0 Å². The van der Waals surface area contributed by atoms with Gasteiger partial charge in [-0.15, -0.1) is 0 Å². The van der Waals surface area contributed by atoms with E-state index in [2.05, 4.69) is 20.6 Å². The van der Waals surface area contributed by atoms with Crippen LogP contribution in [0.5, 0.6) is 0 Å². The number of amides is 2. The third-order valence-electron chi connectivity index (χ3n) is 9.05. The van der Waals surface area contributed by atoms with Gasteiger partial charge in [0.05, 0.1) is 40.6 Å². The van der Waals surface area contributed by atoms with E-state index in [0.717, 1.165) is 11.1 Å². The maximum absolute atomic E-state index is 15.4. The first-order chi connectivity index (χ1) is 27.0. The molecule has 0 saturated heterocycles. The van der Waals surface area contributed by atoms with Gasteiger partial charge >= 0.3 is 6.18 Å². The van der Waals surface area contributed by atoms with Gasteiger partial charge in [-0.3, -0.25) is 19.6 Å². The van der Waals surface area contributed by atoms with Gasteiger partial charge in [0, 0.05) is 35.7 Å². The fraction of sp³-hybridized carbons (Fsp3) is 0.159. The van der Waals surface area contributed by atoms with Crippen molar-refractivity contribution in [3.63, 3.8) is 0 Å². The van der Waals surface area contributed by atoms with Crippen LogP contribution in [0.1, 0.15) is 47.9 Å². The zero-order valence-corrected chi connectivity index (χ0v) is 29.8. The molecule has 0 saturated carbocycles. The molecule has 0 fully saturated rings. The van der Waals surface area contributed by atoms with E-state index >= 15 is 4.39 Å². The number of aryl methyl sites for hydroxylation is 2. The fourth-order valence-electron chi connectivity index (χ4n) is 6.17. The molecule has 0 spiro atoms. The van der Waals surface area contributed by atoms with Crippen LogP contribution in [0.15, 0.2) is 122 Å². The Kier molecular flexibility index (Phi) is 12.2. The molecule has 0 aliphatic heterocycles. The topological polar surface area (TPSA) is 108 Å². The number of hydrogen-bond donors (Lipinski definition) is 2. The molecule has 2 aromatic heterocycles. The van der Waals surface area contributed by atoms with Gasteiger partial charge in [0.2, 0.25) is 11.8 Å². The van der Waals surface area contributed by atoms with Crippen molar-refractivity contribution in [2.24, 2.45) is 0 Å². The number of aromatic nitrogens is 2. The first kappa shape index (κ1) is 39.0. The van der Waals surface area contributed by atoms with Crippen LogP contribution in [0.3, 0.4) is 0 Å². The number of alkyl halides is 3. The molecular formula is C44H34F5N5O2. The molecule has 2 heterocycles. The molecule has 0 radical (unpaired) electrons. The largest absolute Gasteiger partial charge is 0.419 e. The predicted molar refractivity (Wildman–Crippen MR) is 204 cm³/mol. The van der Waals surface area contributed by atoms with E-state index < -0.39 is 23.4 Å². The van der Waals surface area contributed by atoms with E-state index in [-0.39, 0.29) is 34.9 Å². The Morgan fingerprint density at radius 3 is 1.80 bits per heavy atom. The molecular weight excluding hydrogens is 726 g/mol. The number of rotatable bonds is 13. The molecule has 12 heteroatoms. The second kappa shape index (κ2) is 17.6. The summed E-state index contributed by atoms with van der Waals surface area (Å²) in [7, 11) is 0. The summed E-state index contributed by atoms with van der Waals surface area (Å²) in [4.78, 5) is 33.4. The third kappa shape index (κ3) is 9.86. The SMILES string of the molecule is N#Cc1cc(-c2ccc(NC(=O)CCCc3ccc(-c4cccc(C(F)(F)F)c4F)cc3)cn2)cc(-c2ccc(CCCC(=O)Nc3cccnc3)cc2)c1F. The Morgan fingerprint density at radius 1 is 0.661 bits per heavy atom. The second-order valence-electron chi connectivity index (χ2n) is 13.0. The molecule has 0 aliphatic rings. The van der Waals surface area contributed by atoms with Crippen LogP contribution in [-0.4, -0.2) is 21.8 Å². The van der Waals surface area contributed by atoms with Crippen LogP contribution in [0.4, 0.5) is 33.3 Å². The molecule has 0 bridgehead atoms. The minimum atomic E-state index is -4.80. The van der Waals surface area contributed by atoms with Gasteiger partial charge in [-0.2, -0.15) is 18.4 Å². The number of carbonyl (C=O) groups is 2. The van der Waals surface area contributed by atoms with Crippen LogP contribution in [0.25, 0.3) is 33.5 Å². The van der Waals surface area contributed by atoms with Crippen molar-refractivity contribution < 1.29 is 31.5 Å². The van der Waals surface area contributed by atoms with Gasteiger partial charge < -0.3 is 10.6 Å². The van der Waals surface area contributed by atoms with Crippen molar-refractivity contribution in [2.75, 3.05) is 10.6 Å². The summed E-state index contributed by atoms with van der Waals surface area (Å²) in [5.41, 5.74) is 3.39. The van der Waals surface area contributed by atoms with Crippen molar-refractivity contribution >= 4 is 23.2 Å². The molecule has 7 nitrogen and oxygen atoms in total. The molecule has 2 N–H and O–H groups in total. The zero-order valence-electron chi connectivity index (χ0n) is 29.8. The second-order valence-corrected chi connectivity index (χ2v) is 13.0. The lowest BCUT2D eigenvalue weighted by atomic mass is 9.96. The smallest absolute Gasteiger partial charge is 0.325 e. The first-order valence-electron chi connectivity index (χ1n) is 17.7. The standard InChI is InChI=1S/C44H34F5N5O2/c45-42-33(25-50)23-32(24-37(42)31-18-14-29(15-19-31)6-1-10-40(55)53-34-7-4-22-51-26-34)39-21-20-35(27-52-39)54-41(56)11-2-5-28-12-16-30(17-13-28)36-8-3-9-38(43(36)46)44(47,48)49/h3-4,7-9,12-24,26-27H,1-2,5-6,10-11H2,(H,53,55)(H,54,56). The molecule has 2 amide bonds. The predicted octanol–water partition coefficient (Wildman–Crippen LogP) is 10.6. The summed E-state index contributed by atoms with van der Waals surface area (Å²) in [5.74, 6) is -2.34. The molecule has 6 rings (SSSR count). The van der Waals surface area contributed by atoms with Crippen LogP contribution >= 0.6 is 0 Å².